The van der Waals surface area contributed by atoms with Crippen LogP contribution in [0.4, 0.5) is 4.79 Å². The van der Waals surface area contributed by atoms with E-state index in [9.17, 15) is 19.2 Å². The molecule has 3 aliphatic rings. The van der Waals surface area contributed by atoms with Crippen LogP contribution in [0.2, 0.25) is 0 Å². The molecule has 0 N–H and O–H groups in total. The molecule has 0 aromatic carbocycles. The van der Waals surface area contributed by atoms with Gasteiger partial charge in [-0.2, -0.15) is 0 Å². The Hall–Kier alpha value is -3.07. The quantitative estimate of drug-likeness (QED) is 0.700. The zero-order chi connectivity index (χ0) is 20.8. The summed E-state index contributed by atoms with van der Waals surface area (Å²) < 4.78 is 7.00. The summed E-state index contributed by atoms with van der Waals surface area (Å²) in [7, 11) is 0. The van der Waals surface area contributed by atoms with Crippen LogP contribution in [-0.4, -0.2) is 51.1 Å². The molecule has 2 atom stereocenters. The van der Waals surface area contributed by atoms with Gasteiger partial charge in [-0.15, -0.1) is 0 Å². The Labute approximate surface area is 176 Å². The number of piperidine rings is 1. The molecule has 0 saturated carbocycles. The maximum atomic E-state index is 12.9. The molecule has 5 heterocycles. The van der Waals surface area contributed by atoms with E-state index in [0.29, 0.717) is 25.4 Å². The number of rotatable bonds is 3. The second kappa shape index (κ2) is 7.32. The third-order valence-electron chi connectivity index (χ3n) is 5.82. The van der Waals surface area contributed by atoms with Crippen molar-refractivity contribution in [3.63, 3.8) is 0 Å². The van der Waals surface area contributed by atoms with Crippen LogP contribution in [-0.2, 0) is 16.1 Å². The van der Waals surface area contributed by atoms with Gasteiger partial charge < -0.3 is 13.9 Å². The molecule has 3 aliphatic heterocycles. The molecular weight excluding hydrogens is 406 g/mol. The van der Waals surface area contributed by atoms with Crippen molar-refractivity contribution < 1.29 is 18.8 Å². The Bertz CT molecular complexity index is 1120. The molecule has 2 saturated heterocycles. The van der Waals surface area contributed by atoms with Crippen LogP contribution in [0.1, 0.15) is 23.8 Å². The van der Waals surface area contributed by atoms with Crippen LogP contribution in [0.15, 0.2) is 50.7 Å². The van der Waals surface area contributed by atoms with Gasteiger partial charge in [0, 0.05) is 43.4 Å². The van der Waals surface area contributed by atoms with Gasteiger partial charge in [0.15, 0.2) is 0 Å². The molecule has 2 bridgehead atoms. The number of pyridine rings is 1. The first-order valence-corrected chi connectivity index (χ1v) is 10.6. The van der Waals surface area contributed by atoms with Gasteiger partial charge in [0.1, 0.15) is 12.3 Å². The molecular formula is C21H19N3O5S. The highest BCUT2D eigenvalue weighted by Gasteiger charge is 2.40. The van der Waals surface area contributed by atoms with Crippen LogP contribution in [0.3, 0.4) is 0 Å². The van der Waals surface area contributed by atoms with Crippen molar-refractivity contribution >= 4 is 34.9 Å². The van der Waals surface area contributed by atoms with Crippen molar-refractivity contribution in [3.05, 3.63) is 63.3 Å². The average molecular weight is 425 g/mol. The van der Waals surface area contributed by atoms with E-state index in [1.807, 2.05) is 6.07 Å². The Balaban J connectivity index is 1.30. The number of amides is 3. The number of carbonyl (C=O) groups excluding carboxylic acids is 3. The summed E-state index contributed by atoms with van der Waals surface area (Å²) >= 11 is 0.807. The first kappa shape index (κ1) is 18.9. The number of fused-ring (bicyclic) bond motifs is 4. The monoisotopic (exact) mass is 425 g/mol. The van der Waals surface area contributed by atoms with Gasteiger partial charge in [-0.05, 0) is 42.3 Å². The fourth-order valence-corrected chi connectivity index (χ4v) is 5.29. The molecule has 0 radical (unpaired) electrons. The number of likely N-dealkylation sites (tertiary alicyclic amines) is 1. The lowest BCUT2D eigenvalue weighted by Gasteiger charge is -2.43. The Morgan fingerprint density at radius 1 is 1.13 bits per heavy atom. The minimum atomic E-state index is -0.483. The molecule has 8 nitrogen and oxygen atoms in total. The fraction of sp³-hybridized carbons (Fsp3) is 0.333. The van der Waals surface area contributed by atoms with Crippen LogP contribution in [0, 0.1) is 5.92 Å². The lowest BCUT2D eigenvalue weighted by Crippen LogP contribution is -2.51. The Kier molecular flexibility index (Phi) is 4.62. The highest BCUT2D eigenvalue weighted by atomic mass is 32.2. The van der Waals surface area contributed by atoms with E-state index in [2.05, 4.69) is 0 Å². The molecule has 0 spiro atoms. The third-order valence-corrected chi connectivity index (χ3v) is 6.72. The van der Waals surface area contributed by atoms with Gasteiger partial charge in [0.2, 0.25) is 5.91 Å². The van der Waals surface area contributed by atoms with Crippen LogP contribution in [0.5, 0.6) is 0 Å². The first-order chi connectivity index (χ1) is 14.5. The number of imide groups is 1. The van der Waals surface area contributed by atoms with Crippen LogP contribution < -0.4 is 5.56 Å². The van der Waals surface area contributed by atoms with Gasteiger partial charge in [-0.1, -0.05) is 6.07 Å². The predicted octanol–water partition coefficient (Wildman–Crippen LogP) is 2.12. The summed E-state index contributed by atoms with van der Waals surface area (Å²) in [5.74, 6) is 0.0181. The van der Waals surface area contributed by atoms with Gasteiger partial charge in [0.05, 0.1) is 11.2 Å². The van der Waals surface area contributed by atoms with Crippen molar-refractivity contribution in [2.24, 2.45) is 5.92 Å². The molecule has 5 rings (SSSR count). The fourth-order valence-electron chi connectivity index (χ4n) is 4.47. The van der Waals surface area contributed by atoms with E-state index in [1.165, 1.54) is 12.3 Å². The van der Waals surface area contributed by atoms with E-state index in [1.54, 1.807) is 33.7 Å². The smallest absolute Gasteiger partial charge is 0.294 e. The molecule has 3 amide bonds. The largest absolute Gasteiger partial charge is 0.465 e. The zero-order valence-corrected chi connectivity index (χ0v) is 16.8. The molecule has 2 fully saturated rings. The summed E-state index contributed by atoms with van der Waals surface area (Å²) in [6.45, 7) is 1.32. The molecule has 2 aromatic heterocycles. The van der Waals surface area contributed by atoms with Crippen LogP contribution >= 0.6 is 11.8 Å². The maximum absolute atomic E-state index is 12.9. The standard InChI is InChI=1S/C21H19N3O5S/c25-18-5-1-4-16-14-7-13(10-23(16)18)9-22(11-14)19(26)12-24-20(27)17(30-21(24)28)8-15-3-2-6-29-15/h1-6,8,13-14H,7,9-12H2. The summed E-state index contributed by atoms with van der Waals surface area (Å²) in [5, 5.41) is -0.458. The van der Waals surface area contributed by atoms with E-state index in [-0.39, 0.29) is 34.8 Å². The van der Waals surface area contributed by atoms with Gasteiger partial charge in [0.25, 0.3) is 16.7 Å². The van der Waals surface area contributed by atoms with Crippen LogP contribution in [0.25, 0.3) is 6.08 Å². The summed E-state index contributed by atoms with van der Waals surface area (Å²) in [5.41, 5.74) is 0.937. The first-order valence-electron chi connectivity index (χ1n) is 9.76. The van der Waals surface area contributed by atoms with Crippen molar-refractivity contribution in [1.82, 2.24) is 14.4 Å². The number of hydrogen-bond donors (Lipinski definition) is 0. The molecule has 154 valence electrons. The molecule has 9 heteroatoms. The van der Waals surface area contributed by atoms with E-state index in [0.717, 1.165) is 28.8 Å². The number of furan rings is 1. The van der Waals surface area contributed by atoms with E-state index < -0.39 is 11.1 Å². The zero-order valence-electron chi connectivity index (χ0n) is 16.0. The minimum Gasteiger partial charge on any atom is -0.465 e. The molecule has 30 heavy (non-hydrogen) atoms. The van der Waals surface area contributed by atoms with E-state index in [4.69, 9.17) is 4.42 Å². The highest BCUT2D eigenvalue weighted by molar-refractivity contribution is 8.18. The van der Waals surface area contributed by atoms with Crippen molar-refractivity contribution in [2.75, 3.05) is 19.6 Å². The van der Waals surface area contributed by atoms with Crippen molar-refractivity contribution in [1.29, 1.82) is 0 Å². The minimum absolute atomic E-state index is 0.0110. The maximum Gasteiger partial charge on any atom is 0.294 e. The van der Waals surface area contributed by atoms with Crippen molar-refractivity contribution in [3.8, 4) is 0 Å². The lowest BCUT2D eigenvalue weighted by atomic mass is 9.83. The summed E-state index contributed by atoms with van der Waals surface area (Å²) in [6, 6.07) is 8.63. The van der Waals surface area contributed by atoms with Gasteiger partial charge in [-0.3, -0.25) is 24.1 Å². The van der Waals surface area contributed by atoms with Gasteiger partial charge >= 0.3 is 0 Å². The summed E-state index contributed by atoms with van der Waals surface area (Å²) in [4.78, 5) is 53.0. The SMILES string of the molecule is O=C(CN1C(=O)SC(=Cc2ccco2)C1=O)N1CC2CC(C1)c1cccc(=O)n1C2. The number of thioether (sulfide) groups is 1. The molecule has 2 unspecified atom stereocenters. The number of aromatic nitrogens is 1. The molecule has 2 aromatic rings. The summed E-state index contributed by atoms with van der Waals surface area (Å²) in [6.07, 6.45) is 3.93. The Morgan fingerprint density at radius 2 is 2.00 bits per heavy atom. The average Bonchev–Trinajstić information content (AvgIpc) is 3.33. The number of carbonyl (C=O) groups is 3. The Morgan fingerprint density at radius 3 is 2.80 bits per heavy atom. The third kappa shape index (κ3) is 3.28. The molecule has 0 aliphatic carbocycles. The second-order valence-electron chi connectivity index (χ2n) is 7.78. The lowest BCUT2D eigenvalue weighted by molar-refractivity contribution is -0.138. The number of nitrogens with zero attached hydrogens (tertiary/aromatic N) is 3. The van der Waals surface area contributed by atoms with Gasteiger partial charge in [-0.25, -0.2) is 0 Å². The topological polar surface area (TPSA) is 92.8 Å². The second-order valence-corrected chi connectivity index (χ2v) is 8.77. The number of hydrogen-bond acceptors (Lipinski definition) is 6. The van der Waals surface area contributed by atoms with E-state index >= 15 is 0 Å². The highest BCUT2D eigenvalue weighted by Crippen LogP contribution is 2.36. The van der Waals surface area contributed by atoms with Crippen molar-refractivity contribution in [2.45, 2.75) is 18.9 Å². The normalized spacial score (nSPS) is 24.5. The predicted molar refractivity (Wildman–Crippen MR) is 110 cm³/mol.